The molecule has 0 unspecified atom stereocenters. The Balaban J connectivity index is 0.00000625. The average molecular weight is 365 g/mol. The maximum absolute atomic E-state index is 5.55. The SMILES string of the molecule is C.CCCN(CCCCCCC(C)C)C1=C(/C)CCC=C(C)/C(OC)=N\1. The second-order valence-corrected chi connectivity index (χ2v) is 7.73. The lowest BCUT2D eigenvalue weighted by Crippen LogP contribution is -2.27. The first kappa shape index (κ1) is 24.8. The fourth-order valence-corrected chi connectivity index (χ4v) is 3.33. The Kier molecular flexibility index (Phi) is 13.2. The molecule has 26 heavy (non-hydrogen) atoms. The average Bonchev–Trinajstić information content (AvgIpc) is 2.56. The summed E-state index contributed by atoms with van der Waals surface area (Å²) in [5.74, 6) is 2.75. The van der Waals surface area contributed by atoms with Crippen molar-refractivity contribution in [3.63, 3.8) is 0 Å². The van der Waals surface area contributed by atoms with E-state index in [0.29, 0.717) is 0 Å². The Hall–Kier alpha value is -1.25. The molecule has 152 valence electrons. The largest absolute Gasteiger partial charge is 0.481 e. The summed E-state index contributed by atoms with van der Waals surface area (Å²) in [6.07, 6.45) is 12.2. The van der Waals surface area contributed by atoms with Crippen LogP contribution in [0.1, 0.15) is 93.4 Å². The number of ether oxygens (including phenoxy) is 1. The summed E-state index contributed by atoms with van der Waals surface area (Å²) in [4.78, 5) is 7.39. The molecule has 0 bridgehead atoms. The van der Waals surface area contributed by atoms with Gasteiger partial charge in [0.15, 0.2) is 0 Å². The minimum atomic E-state index is 0. The van der Waals surface area contributed by atoms with Crippen LogP contribution in [0.5, 0.6) is 0 Å². The minimum absolute atomic E-state index is 0. The lowest BCUT2D eigenvalue weighted by Gasteiger charge is -2.27. The van der Waals surface area contributed by atoms with E-state index in [-0.39, 0.29) is 7.43 Å². The zero-order chi connectivity index (χ0) is 18.7. The summed E-state index contributed by atoms with van der Waals surface area (Å²) in [5, 5.41) is 0. The van der Waals surface area contributed by atoms with Crippen molar-refractivity contribution < 1.29 is 4.74 Å². The number of methoxy groups -OCH3 is 1. The van der Waals surface area contributed by atoms with Crippen LogP contribution in [-0.4, -0.2) is 31.0 Å². The normalized spacial score (nSPS) is 19.8. The van der Waals surface area contributed by atoms with E-state index in [1.165, 1.54) is 37.7 Å². The molecule has 0 radical (unpaired) electrons. The molecule has 0 aliphatic carbocycles. The minimum Gasteiger partial charge on any atom is -0.481 e. The highest BCUT2D eigenvalue weighted by atomic mass is 16.5. The van der Waals surface area contributed by atoms with Crippen LogP contribution in [0.4, 0.5) is 0 Å². The van der Waals surface area contributed by atoms with Crippen molar-refractivity contribution in [2.45, 2.75) is 93.4 Å². The molecule has 0 amide bonds. The first-order valence-corrected chi connectivity index (χ1v) is 10.2. The van der Waals surface area contributed by atoms with Crippen molar-refractivity contribution in [1.29, 1.82) is 0 Å². The summed E-state index contributed by atoms with van der Waals surface area (Å²) >= 11 is 0. The van der Waals surface area contributed by atoms with Crippen LogP contribution in [0.25, 0.3) is 0 Å². The van der Waals surface area contributed by atoms with Gasteiger partial charge in [-0.2, -0.15) is 4.99 Å². The van der Waals surface area contributed by atoms with E-state index in [0.717, 1.165) is 55.6 Å². The van der Waals surface area contributed by atoms with Gasteiger partial charge in [-0.15, -0.1) is 0 Å². The molecule has 0 aromatic heterocycles. The zero-order valence-electron chi connectivity index (χ0n) is 17.5. The third-order valence-electron chi connectivity index (χ3n) is 4.84. The highest BCUT2D eigenvalue weighted by Gasteiger charge is 2.15. The molecular weight excluding hydrogens is 320 g/mol. The quantitative estimate of drug-likeness (QED) is 0.391. The third-order valence-corrected chi connectivity index (χ3v) is 4.84. The van der Waals surface area contributed by atoms with Gasteiger partial charge in [0.2, 0.25) is 5.90 Å². The van der Waals surface area contributed by atoms with E-state index in [1.807, 2.05) is 0 Å². The highest BCUT2D eigenvalue weighted by molar-refractivity contribution is 5.93. The van der Waals surface area contributed by atoms with Gasteiger partial charge in [-0.1, -0.05) is 60.0 Å². The molecule has 1 aliphatic heterocycles. The molecule has 0 saturated heterocycles. The predicted molar refractivity (Wildman–Crippen MR) is 117 cm³/mol. The van der Waals surface area contributed by atoms with Gasteiger partial charge in [0.05, 0.1) is 7.11 Å². The van der Waals surface area contributed by atoms with Crippen molar-refractivity contribution in [1.82, 2.24) is 4.90 Å². The number of unbranched alkanes of at least 4 members (excludes halogenated alkanes) is 3. The van der Waals surface area contributed by atoms with Crippen molar-refractivity contribution in [3.8, 4) is 0 Å². The Bertz CT molecular complexity index is 475. The Morgan fingerprint density at radius 2 is 1.81 bits per heavy atom. The standard InChI is InChI=1S/C22H40N2O.CH4/c1-7-16-24(17-11-9-8-10-13-18(2)3)21-19(4)14-12-15-20(5)22(23-21)25-6;/h15,18H,7-14,16-17H2,1-6H3;1H4/b20-15?,21-19-,23-22+;. The van der Waals surface area contributed by atoms with Gasteiger partial charge in [-0.05, 0) is 51.0 Å². The number of nitrogens with zero attached hydrogens (tertiary/aromatic N) is 2. The fraction of sp³-hybridized carbons (Fsp3) is 0.783. The van der Waals surface area contributed by atoms with Crippen LogP contribution in [0.15, 0.2) is 28.0 Å². The molecule has 0 aromatic carbocycles. The van der Waals surface area contributed by atoms with Crippen LogP contribution in [0, 0.1) is 5.92 Å². The molecule has 1 heterocycles. The second-order valence-electron chi connectivity index (χ2n) is 7.73. The first-order chi connectivity index (χ1) is 12.0. The van der Waals surface area contributed by atoms with Gasteiger partial charge in [-0.25, -0.2) is 0 Å². The fourth-order valence-electron chi connectivity index (χ4n) is 3.33. The molecule has 3 nitrogen and oxygen atoms in total. The molecule has 0 saturated carbocycles. The Morgan fingerprint density at radius 1 is 1.12 bits per heavy atom. The molecule has 0 N–H and O–H groups in total. The third kappa shape index (κ3) is 8.91. The van der Waals surface area contributed by atoms with Gasteiger partial charge in [0, 0.05) is 18.7 Å². The van der Waals surface area contributed by atoms with Crippen molar-refractivity contribution >= 4 is 5.90 Å². The molecule has 0 aromatic rings. The van der Waals surface area contributed by atoms with Gasteiger partial charge in [-0.3, -0.25) is 0 Å². The number of aliphatic imine (C=N–C) groups is 1. The van der Waals surface area contributed by atoms with Crippen LogP contribution >= 0.6 is 0 Å². The lowest BCUT2D eigenvalue weighted by atomic mass is 10.0. The van der Waals surface area contributed by atoms with Crippen LogP contribution < -0.4 is 0 Å². The van der Waals surface area contributed by atoms with Crippen LogP contribution in [0.3, 0.4) is 0 Å². The van der Waals surface area contributed by atoms with E-state index in [1.54, 1.807) is 7.11 Å². The zero-order valence-corrected chi connectivity index (χ0v) is 17.5. The monoisotopic (exact) mass is 364 g/mol. The van der Waals surface area contributed by atoms with E-state index in [2.05, 4.69) is 45.6 Å². The first-order valence-electron chi connectivity index (χ1n) is 10.2. The number of allylic oxidation sites excluding steroid dienone is 2. The van der Waals surface area contributed by atoms with E-state index >= 15 is 0 Å². The van der Waals surface area contributed by atoms with Crippen molar-refractivity contribution in [2.24, 2.45) is 10.9 Å². The highest BCUT2D eigenvalue weighted by Crippen LogP contribution is 2.22. The Labute approximate surface area is 163 Å². The van der Waals surface area contributed by atoms with Gasteiger partial charge in [0.25, 0.3) is 0 Å². The van der Waals surface area contributed by atoms with E-state index in [4.69, 9.17) is 9.73 Å². The molecular formula is C23H44N2O. The lowest BCUT2D eigenvalue weighted by molar-refractivity contribution is 0.320. The second kappa shape index (κ2) is 13.9. The van der Waals surface area contributed by atoms with Crippen LogP contribution in [-0.2, 0) is 4.74 Å². The predicted octanol–water partition coefficient (Wildman–Crippen LogP) is 6.96. The topological polar surface area (TPSA) is 24.8 Å². The molecule has 0 fully saturated rings. The van der Waals surface area contributed by atoms with E-state index in [9.17, 15) is 0 Å². The van der Waals surface area contributed by atoms with E-state index < -0.39 is 0 Å². The molecule has 0 atom stereocenters. The summed E-state index contributed by atoms with van der Waals surface area (Å²) in [6, 6.07) is 0. The van der Waals surface area contributed by atoms with Gasteiger partial charge < -0.3 is 9.64 Å². The smallest absolute Gasteiger partial charge is 0.217 e. The molecule has 0 spiro atoms. The van der Waals surface area contributed by atoms with Gasteiger partial charge in [0.1, 0.15) is 5.82 Å². The Morgan fingerprint density at radius 3 is 2.42 bits per heavy atom. The molecule has 1 aliphatic rings. The van der Waals surface area contributed by atoms with Gasteiger partial charge >= 0.3 is 0 Å². The molecule has 1 rings (SSSR count). The number of hydrogen-bond acceptors (Lipinski definition) is 3. The maximum Gasteiger partial charge on any atom is 0.217 e. The number of hydrogen-bond donors (Lipinski definition) is 0. The maximum atomic E-state index is 5.55. The summed E-state index contributed by atoms with van der Waals surface area (Å²) in [6.45, 7) is 13.4. The summed E-state index contributed by atoms with van der Waals surface area (Å²) < 4.78 is 5.55. The van der Waals surface area contributed by atoms with Crippen molar-refractivity contribution in [3.05, 3.63) is 23.0 Å². The summed E-state index contributed by atoms with van der Waals surface area (Å²) in [7, 11) is 1.73. The molecule has 3 heteroatoms. The van der Waals surface area contributed by atoms with Crippen LogP contribution in [0.2, 0.25) is 0 Å². The summed E-state index contributed by atoms with van der Waals surface area (Å²) in [5.41, 5.74) is 2.53. The van der Waals surface area contributed by atoms with Crippen molar-refractivity contribution in [2.75, 3.05) is 20.2 Å². The number of rotatable bonds is 10.